The molecule has 4 rings (SSSR count). The van der Waals surface area contributed by atoms with Crippen LogP contribution in [-0.2, 0) is 4.74 Å². The molecular weight excluding hydrogens is 448 g/mol. The van der Waals surface area contributed by atoms with E-state index in [1.54, 1.807) is 18.5 Å². The van der Waals surface area contributed by atoms with Crippen LogP contribution in [0, 0.1) is 0 Å². The summed E-state index contributed by atoms with van der Waals surface area (Å²) >= 11 is 3.33. The smallest absolute Gasteiger partial charge is 0.277 e. The van der Waals surface area contributed by atoms with Crippen LogP contribution in [0.3, 0.4) is 0 Å². The number of amides is 1. The predicted octanol–water partition coefficient (Wildman–Crippen LogP) is 2.76. The third-order valence-electron chi connectivity index (χ3n) is 4.14. The summed E-state index contributed by atoms with van der Waals surface area (Å²) in [5, 5.41) is 14.0. The number of nitrogens with one attached hydrogen (secondary N) is 2. The molecule has 3 heterocycles. The first-order valence-electron chi connectivity index (χ1n) is 8.47. The Kier molecular flexibility index (Phi) is 6.74. The Balaban J connectivity index is 0.00000225. The van der Waals surface area contributed by atoms with Crippen molar-refractivity contribution in [2.24, 2.45) is 0 Å². The second-order valence-electron chi connectivity index (χ2n) is 6.02. The van der Waals surface area contributed by atoms with Crippen molar-refractivity contribution in [1.29, 1.82) is 0 Å². The predicted molar refractivity (Wildman–Crippen MR) is 110 cm³/mol. The van der Waals surface area contributed by atoms with Crippen LogP contribution in [0.2, 0.25) is 0 Å². The van der Waals surface area contributed by atoms with Crippen molar-refractivity contribution in [1.82, 2.24) is 25.3 Å². The first-order chi connectivity index (χ1) is 13.2. The maximum Gasteiger partial charge on any atom is 0.277 e. The number of morpholine rings is 1. The topological polar surface area (TPSA) is 94.0 Å². The lowest BCUT2D eigenvalue weighted by atomic mass is 10.1. The highest BCUT2D eigenvalue weighted by atomic mass is 79.9. The molecule has 0 bridgehead atoms. The van der Waals surface area contributed by atoms with E-state index in [4.69, 9.17) is 4.74 Å². The van der Waals surface area contributed by atoms with Crippen LogP contribution in [0.25, 0.3) is 5.82 Å². The number of nitrogens with zero attached hydrogens (tertiary/aromatic N) is 4. The Morgan fingerprint density at radius 3 is 2.75 bits per heavy atom. The van der Waals surface area contributed by atoms with Gasteiger partial charge in [-0.05, 0) is 45.8 Å². The number of carbonyl (C=O) groups excluding carboxylic acids is 1. The maximum absolute atomic E-state index is 12.4. The van der Waals surface area contributed by atoms with E-state index in [2.05, 4.69) is 41.9 Å². The molecule has 3 aromatic rings. The highest BCUT2D eigenvalue weighted by Crippen LogP contribution is 2.21. The summed E-state index contributed by atoms with van der Waals surface area (Å²) in [5.74, 6) is 0.247. The third kappa shape index (κ3) is 4.74. The minimum atomic E-state index is -0.332. The fourth-order valence-corrected chi connectivity index (χ4v) is 2.97. The molecular formula is C18H18BrClN6O2. The Hall–Kier alpha value is -2.33. The van der Waals surface area contributed by atoms with E-state index < -0.39 is 0 Å². The van der Waals surface area contributed by atoms with Crippen LogP contribution in [0.4, 0.5) is 5.69 Å². The molecule has 1 atom stereocenters. The average molecular weight is 466 g/mol. The molecule has 1 amide bonds. The van der Waals surface area contributed by atoms with Crippen molar-refractivity contribution in [3.8, 4) is 5.82 Å². The van der Waals surface area contributed by atoms with Gasteiger partial charge in [0.2, 0.25) is 0 Å². The fourth-order valence-electron chi connectivity index (χ4n) is 2.74. The molecule has 0 spiro atoms. The molecule has 2 N–H and O–H groups in total. The summed E-state index contributed by atoms with van der Waals surface area (Å²) in [5.41, 5.74) is 1.97. The zero-order valence-corrected chi connectivity index (χ0v) is 17.1. The molecule has 1 fully saturated rings. The van der Waals surface area contributed by atoms with Gasteiger partial charge in [0, 0.05) is 29.4 Å². The zero-order chi connectivity index (χ0) is 18.6. The number of aromatic nitrogens is 4. The molecule has 2 aromatic heterocycles. The summed E-state index contributed by atoms with van der Waals surface area (Å²) < 4.78 is 8.05. The lowest BCUT2D eigenvalue weighted by Crippen LogP contribution is -2.33. The molecule has 0 aliphatic carbocycles. The van der Waals surface area contributed by atoms with Gasteiger partial charge in [0.1, 0.15) is 0 Å². The minimum Gasteiger partial charge on any atom is -0.371 e. The highest BCUT2D eigenvalue weighted by molar-refractivity contribution is 9.10. The molecule has 1 unspecified atom stereocenters. The van der Waals surface area contributed by atoms with E-state index in [1.165, 1.54) is 4.68 Å². The van der Waals surface area contributed by atoms with Crippen molar-refractivity contribution >= 4 is 39.9 Å². The van der Waals surface area contributed by atoms with Crippen molar-refractivity contribution in [3.05, 3.63) is 64.5 Å². The summed E-state index contributed by atoms with van der Waals surface area (Å²) in [6.45, 7) is 2.37. The standard InChI is InChI=1S/C18H17BrN6O2.ClH/c19-13-3-6-17(21-9-13)25-11-15(23-24-25)18(26)22-14-4-1-12(2-5-14)16-10-20-7-8-27-16;/h1-6,9,11,16,20H,7-8,10H2,(H,22,26);1H. The number of anilines is 1. The lowest BCUT2D eigenvalue weighted by Gasteiger charge is -2.24. The summed E-state index contributed by atoms with van der Waals surface area (Å²) in [4.78, 5) is 16.6. The van der Waals surface area contributed by atoms with E-state index >= 15 is 0 Å². The second-order valence-corrected chi connectivity index (χ2v) is 6.94. The van der Waals surface area contributed by atoms with Crippen LogP contribution in [0.5, 0.6) is 0 Å². The number of rotatable bonds is 4. The van der Waals surface area contributed by atoms with Crippen LogP contribution < -0.4 is 10.6 Å². The van der Waals surface area contributed by atoms with Gasteiger partial charge in [-0.1, -0.05) is 17.3 Å². The van der Waals surface area contributed by atoms with Crippen molar-refractivity contribution in [2.75, 3.05) is 25.0 Å². The van der Waals surface area contributed by atoms with Gasteiger partial charge in [-0.2, -0.15) is 0 Å². The monoisotopic (exact) mass is 464 g/mol. The number of ether oxygens (including phenoxy) is 1. The third-order valence-corrected chi connectivity index (χ3v) is 4.61. The van der Waals surface area contributed by atoms with Gasteiger partial charge in [-0.15, -0.1) is 17.5 Å². The number of hydrogen-bond acceptors (Lipinski definition) is 6. The average Bonchev–Trinajstić information content (AvgIpc) is 3.20. The van der Waals surface area contributed by atoms with Gasteiger partial charge < -0.3 is 15.4 Å². The van der Waals surface area contributed by atoms with Crippen molar-refractivity contribution < 1.29 is 9.53 Å². The second kappa shape index (κ2) is 9.24. The Bertz CT molecular complexity index is 926. The number of carbonyl (C=O) groups is 1. The largest absolute Gasteiger partial charge is 0.371 e. The van der Waals surface area contributed by atoms with E-state index in [9.17, 15) is 4.79 Å². The molecule has 1 aliphatic heterocycles. The molecule has 0 saturated carbocycles. The summed E-state index contributed by atoms with van der Waals surface area (Å²) in [6.07, 6.45) is 3.24. The van der Waals surface area contributed by atoms with Gasteiger partial charge in [-0.25, -0.2) is 9.67 Å². The normalized spacial score (nSPS) is 16.2. The van der Waals surface area contributed by atoms with Crippen molar-refractivity contribution in [3.63, 3.8) is 0 Å². The number of pyridine rings is 1. The zero-order valence-electron chi connectivity index (χ0n) is 14.7. The first kappa shape index (κ1) is 20.4. The highest BCUT2D eigenvalue weighted by Gasteiger charge is 2.16. The maximum atomic E-state index is 12.4. The lowest BCUT2D eigenvalue weighted by molar-refractivity contribution is 0.0277. The van der Waals surface area contributed by atoms with Gasteiger partial charge >= 0.3 is 0 Å². The van der Waals surface area contributed by atoms with Crippen LogP contribution in [-0.4, -0.2) is 45.6 Å². The Labute approximate surface area is 176 Å². The van der Waals surface area contributed by atoms with E-state index in [0.717, 1.165) is 23.1 Å². The van der Waals surface area contributed by atoms with Gasteiger partial charge in [0.15, 0.2) is 11.5 Å². The Morgan fingerprint density at radius 1 is 1.25 bits per heavy atom. The van der Waals surface area contributed by atoms with Crippen LogP contribution in [0.15, 0.2) is 53.3 Å². The van der Waals surface area contributed by atoms with Crippen LogP contribution >= 0.6 is 28.3 Å². The molecule has 146 valence electrons. The van der Waals surface area contributed by atoms with Gasteiger partial charge in [-0.3, -0.25) is 4.79 Å². The van der Waals surface area contributed by atoms with Crippen molar-refractivity contribution in [2.45, 2.75) is 6.10 Å². The molecule has 28 heavy (non-hydrogen) atoms. The van der Waals surface area contributed by atoms with E-state index in [-0.39, 0.29) is 30.1 Å². The summed E-state index contributed by atoms with van der Waals surface area (Å²) in [7, 11) is 0. The molecule has 8 nitrogen and oxygen atoms in total. The number of benzene rings is 1. The van der Waals surface area contributed by atoms with Crippen LogP contribution in [0.1, 0.15) is 22.2 Å². The van der Waals surface area contributed by atoms with E-state index in [1.807, 2.05) is 30.3 Å². The molecule has 1 aliphatic rings. The molecule has 0 radical (unpaired) electrons. The molecule has 1 saturated heterocycles. The quantitative estimate of drug-likeness (QED) is 0.615. The number of halogens is 2. The molecule has 1 aromatic carbocycles. The molecule has 10 heteroatoms. The fraction of sp³-hybridized carbons (Fsp3) is 0.222. The first-order valence-corrected chi connectivity index (χ1v) is 9.26. The summed E-state index contributed by atoms with van der Waals surface area (Å²) in [6, 6.07) is 11.2. The number of hydrogen-bond donors (Lipinski definition) is 2. The van der Waals surface area contributed by atoms with E-state index in [0.29, 0.717) is 18.1 Å². The SMILES string of the molecule is Cl.O=C(Nc1ccc(C2CNCCO2)cc1)c1cn(-c2ccc(Br)cn2)nn1. The Morgan fingerprint density at radius 2 is 2.07 bits per heavy atom. The van der Waals surface area contributed by atoms with Gasteiger partial charge in [0.25, 0.3) is 5.91 Å². The minimum absolute atomic E-state index is 0. The van der Waals surface area contributed by atoms with Gasteiger partial charge in [0.05, 0.1) is 18.9 Å².